The van der Waals surface area contributed by atoms with Gasteiger partial charge in [-0.05, 0) is 26.0 Å². The number of aliphatic imine (C=N–C) groups is 1. The van der Waals surface area contributed by atoms with Crippen LogP contribution in [0.25, 0.3) is 5.70 Å². The van der Waals surface area contributed by atoms with Crippen LogP contribution in [0.4, 0.5) is 14.6 Å². The molecule has 3 aliphatic rings. The summed E-state index contributed by atoms with van der Waals surface area (Å²) in [5.41, 5.74) is 9.47. The van der Waals surface area contributed by atoms with Gasteiger partial charge in [-0.15, -0.1) is 0 Å². The first-order chi connectivity index (χ1) is 12.0. The van der Waals surface area contributed by atoms with Gasteiger partial charge in [0.1, 0.15) is 5.82 Å². The quantitative estimate of drug-likeness (QED) is 0.726. The second kappa shape index (κ2) is 7.56. The van der Waals surface area contributed by atoms with Crippen LogP contribution >= 0.6 is 0 Å². The molecule has 0 unspecified atom stereocenters. The van der Waals surface area contributed by atoms with Gasteiger partial charge in [0.15, 0.2) is 0 Å². The Hall–Kier alpha value is -1.89. The number of aromatic nitrogens is 1. The van der Waals surface area contributed by atoms with E-state index in [2.05, 4.69) is 15.3 Å². The molecule has 138 valence electrons. The lowest BCUT2D eigenvalue weighted by Crippen LogP contribution is -2.24. The van der Waals surface area contributed by atoms with Crippen molar-refractivity contribution in [3.63, 3.8) is 0 Å². The number of aromatic amines is 1. The molecule has 4 rings (SSSR count). The summed E-state index contributed by atoms with van der Waals surface area (Å²) in [7, 11) is 1.71. The third kappa shape index (κ3) is 4.39. The van der Waals surface area contributed by atoms with Crippen LogP contribution in [-0.4, -0.2) is 42.3 Å². The number of rotatable bonds is 1. The topological polar surface area (TPSA) is 69.4 Å². The Morgan fingerprint density at radius 1 is 1.32 bits per heavy atom. The Bertz CT molecular complexity index is 644. The Morgan fingerprint density at radius 2 is 2.08 bits per heavy atom. The molecule has 1 saturated carbocycles. The number of hydrogen-bond acceptors (Lipinski definition) is 4. The summed E-state index contributed by atoms with van der Waals surface area (Å²) in [4.78, 5) is 9.01. The van der Waals surface area contributed by atoms with E-state index >= 15 is 0 Å². The monoisotopic (exact) mass is 351 g/mol. The molecule has 2 aliphatic heterocycles. The van der Waals surface area contributed by atoms with Crippen LogP contribution in [-0.2, 0) is 0 Å². The van der Waals surface area contributed by atoms with Crippen LogP contribution in [0.3, 0.4) is 0 Å². The van der Waals surface area contributed by atoms with E-state index in [1.54, 1.807) is 18.3 Å². The number of alkyl halides is 2. The van der Waals surface area contributed by atoms with E-state index in [0.717, 1.165) is 22.8 Å². The summed E-state index contributed by atoms with van der Waals surface area (Å²) < 4.78 is 24.3. The lowest BCUT2D eigenvalue weighted by Gasteiger charge is -2.25. The van der Waals surface area contributed by atoms with E-state index in [-0.39, 0.29) is 13.0 Å². The smallest absolute Gasteiger partial charge is 0.261 e. The van der Waals surface area contributed by atoms with E-state index in [0.29, 0.717) is 12.5 Å². The second-order valence-corrected chi connectivity index (χ2v) is 7.15. The SMILES string of the molecule is CN1CCC(F)(F)C1.N/C(=C1\NC=Nc2[nH]ccc21)C1CCCCC1. The highest BCUT2D eigenvalue weighted by atomic mass is 19.3. The first-order valence-corrected chi connectivity index (χ1v) is 8.99. The molecule has 0 spiro atoms. The minimum atomic E-state index is -2.41. The molecule has 0 aromatic carbocycles. The third-order valence-corrected chi connectivity index (χ3v) is 5.09. The highest BCUT2D eigenvalue weighted by molar-refractivity contribution is 5.87. The van der Waals surface area contributed by atoms with Crippen LogP contribution in [0.2, 0.25) is 0 Å². The number of nitrogens with one attached hydrogen (secondary N) is 2. The lowest BCUT2D eigenvalue weighted by atomic mass is 9.85. The average Bonchev–Trinajstić information content (AvgIpc) is 3.21. The van der Waals surface area contributed by atoms with Gasteiger partial charge in [0.05, 0.1) is 18.6 Å². The van der Waals surface area contributed by atoms with Gasteiger partial charge in [0, 0.05) is 36.3 Å². The maximum absolute atomic E-state index is 12.2. The fraction of sp³-hybridized carbons (Fsp3) is 0.611. The minimum absolute atomic E-state index is 0.0312. The Labute approximate surface area is 147 Å². The van der Waals surface area contributed by atoms with E-state index in [4.69, 9.17) is 5.73 Å². The molecule has 3 heterocycles. The van der Waals surface area contributed by atoms with Crippen molar-refractivity contribution in [2.24, 2.45) is 16.6 Å². The number of hydrogen-bond donors (Lipinski definition) is 3. The Morgan fingerprint density at radius 3 is 2.68 bits per heavy atom. The molecule has 1 aromatic heterocycles. The van der Waals surface area contributed by atoms with Crippen LogP contribution < -0.4 is 11.1 Å². The Balaban J connectivity index is 0.000000192. The molecule has 5 nitrogen and oxygen atoms in total. The molecule has 0 bridgehead atoms. The van der Waals surface area contributed by atoms with Gasteiger partial charge < -0.3 is 20.9 Å². The zero-order chi connectivity index (χ0) is 17.9. The molecule has 0 amide bonds. The van der Waals surface area contributed by atoms with Crippen LogP contribution in [0.15, 0.2) is 23.0 Å². The van der Waals surface area contributed by atoms with Crippen molar-refractivity contribution in [2.75, 3.05) is 20.1 Å². The molecule has 1 saturated heterocycles. The number of likely N-dealkylation sites (tertiary alicyclic amines) is 1. The molecule has 4 N–H and O–H groups in total. The lowest BCUT2D eigenvalue weighted by molar-refractivity contribution is 0.0146. The molecule has 0 radical (unpaired) electrons. The standard InChI is InChI=1S/C13H18N4.C5H9F2N/c14-11(9-4-2-1-3-5-9)12-10-6-7-15-13(10)17-8-16-12;1-8-3-2-5(6,7)4-8/h6-9,15H,1-5,14H2,(H,16,17);2-4H2,1H3/b12-11-;. The van der Waals surface area contributed by atoms with Gasteiger partial charge in [0.25, 0.3) is 5.92 Å². The summed E-state index contributed by atoms with van der Waals surface area (Å²) in [6, 6.07) is 2.03. The molecular weight excluding hydrogens is 324 g/mol. The van der Waals surface area contributed by atoms with Gasteiger partial charge in [-0.25, -0.2) is 13.8 Å². The van der Waals surface area contributed by atoms with E-state index in [9.17, 15) is 8.78 Å². The maximum atomic E-state index is 12.2. The van der Waals surface area contributed by atoms with Crippen molar-refractivity contribution in [3.8, 4) is 0 Å². The molecule has 0 atom stereocenters. The summed E-state index contributed by atoms with van der Waals surface area (Å²) in [5.74, 6) is -0.979. The van der Waals surface area contributed by atoms with Gasteiger partial charge in [-0.3, -0.25) is 0 Å². The average molecular weight is 351 g/mol. The first-order valence-electron chi connectivity index (χ1n) is 8.99. The van der Waals surface area contributed by atoms with Gasteiger partial charge in [0.2, 0.25) is 0 Å². The molecule has 25 heavy (non-hydrogen) atoms. The number of H-pyrrole nitrogens is 1. The normalized spacial score (nSPS) is 24.9. The number of fused-ring (bicyclic) bond motifs is 1. The molecular formula is C18H27F2N5. The minimum Gasteiger partial charge on any atom is -0.400 e. The summed E-state index contributed by atoms with van der Waals surface area (Å²) in [6.07, 6.45) is 10.0. The maximum Gasteiger partial charge on any atom is 0.261 e. The zero-order valence-electron chi connectivity index (χ0n) is 14.7. The van der Waals surface area contributed by atoms with E-state index in [1.165, 1.54) is 32.1 Å². The molecule has 1 aliphatic carbocycles. The van der Waals surface area contributed by atoms with Crippen LogP contribution in [0.1, 0.15) is 44.1 Å². The largest absolute Gasteiger partial charge is 0.400 e. The predicted molar refractivity (Wildman–Crippen MR) is 96.8 cm³/mol. The van der Waals surface area contributed by atoms with Gasteiger partial charge in [-0.2, -0.15) is 0 Å². The van der Waals surface area contributed by atoms with Crippen molar-refractivity contribution >= 4 is 17.9 Å². The first kappa shape index (κ1) is 17.9. The second-order valence-electron chi connectivity index (χ2n) is 7.15. The summed E-state index contributed by atoms with van der Waals surface area (Å²) >= 11 is 0. The van der Waals surface area contributed by atoms with Crippen molar-refractivity contribution < 1.29 is 8.78 Å². The number of allylic oxidation sites excluding steroid dienone is 1. The van der Waals surface area contributed by atoms with Gasteiger partial charge >= 0.3 is 0 Å². The highest BCUT2D eigenvalue weighted by Crippen LogP contribution is 2.33. The van der Waals surface area contributed by atoms with E-state index < -0.39 is 5.92 Å². The predicted octanol–water partition coefficient (Wildman–Crippen LogP) is 3.44. The van der Waals surface area contributed by atoms with Crippen molar-refractivity contribution in [1.82, 2.24) is 15.2 Å². The number of halogens is 2. The molecule has 7 heteroatoms. The van der Waals surface area contributed by atoms with Gasteiger partial charge in [-0.1, -0.05) is 19.3 Å². The van der Waals surface area contributed by atoms with Crippen LogP contribution in [0.5, 0.6) is 0 Å². The van der Waals surface area contributed by atoms with Crippen molar-refractivity contribution in [3.05, 3.63) is 23.5 Å². The Kier molecular flexibility index (Phi) is 5.42. The summed E-state index contributed by atoms with van der Waals surface area (Å²) in [5, 5.41) is 3.20. The van der Waals surface area contributed by atoms with Crippen LogP contribution in [0, 0.1) is 5.92 Å². The molecule has 2 fully saturated rings. The van der Waals surface area contributed by atoms with Crippen molar-refractivity contribution in [2.45, 2.75) is 44.4 Å². The zero-order valence-corrected chi connectivity index (χ0v) is 14.7. The fourth-order valence-electron chi connectivity index (χ4n) is 3.67. The molecule has 1 aromatic rings. The highest BCUT2D eigenvalue weighted by Gasteiger charge is 2.36. The third-order valence-electron chi connectivity index (χ3n) is 5.09. The number of nitrogens with two attached hydrogens (primary N) is 1. The number of nitrogens with zero attached hydrogens (tertiary/aromatic N) is 2. The summed E-state index contributed by atoms with van der Waals surface area (Å²) in [6.45, 7) is 0.472. The fourth-order valence-corrected chi connectivity index (χ4v) is 3.67. The van der Waals surface area contributed by atoms with E-state index in [1.807, 2.05) is 12.3 Å². The van der Waals surface area contributed by atoms with Crippen molar-refractivity contribution in [1.29, 1.82) is 0 Å².